The van der Waals surface area contributed by atoms with E-state index < -0.39 is 0 Å². The van der Waals surface area contributed by atoms with Crippen molar-refractivity contribution < 1.29 is 4.79 Å². The molecule has 2 rings (SSSR count). The van der Waals surface area contributed by atoms with Crippen molar-refractivity contribution in [2.75, 3.05) is 13.6 Å². The molecule has 1 atom stereocenters. The molecule has 0 radical (unpaired) electrons. The van der Waals surface area contributed by atoms with Gasteiger partial charge in [0.25, 0.3) is 11.1 Å². The number of rotatable bonds is 5. The van der Waals surface area contributed by atoms with Gasteiger partial charge in [-0.05, 0) is 19.1 Å². The first-order valence-electron chi connectivity index (χ1n) is 7.13. The van der Waals surface area contributed by atoms with Gasteiger partial charge in [-0.2, -0.15) is 0 Å². The SMILES string of the molecule is CC(CN)N(C)C(=O)CCn1[nH]c(=O)c2ccccc2c1=O. The lowest BCUT2D eigenvalue weighted by Gasteiger charge is -2.23. The van der Waals surface area contributed by atoms with Crippen LogP contribution in [0.5, 0.6) is 0 Å². The van der Waals surface area contributed by atoms with E-state index in [1.165, 1.54) is 4.68 Å². The van der Waals surface area contributed by atoms with E-state index in [-0.39, 0.29) is 36.0 Å². The zero-order valence-corrected chi connectivity index (χ0v) is 12.7. The largest absolute Gasteiger partial charge is 0.342 e. The minimum atomic E-state index is -0.341. The van der Waals surface area contributed by atoms with Crippen molar-refractivity contribution in [2.24, 2.45) is 5.73 Å². The van der Waals surface area contributed by atoms with Crippen molar-refractivity contribution in [3.8, 4) is 0 Å². The molecule has 1 heterocycles. The van der Waals surface area contributed by atoms with Crippen LogP contribution in [0.15, 0.2) is 33.9 Å². The standard InChI is InChI=1S/C15H20N4O3/c1-10(9-16)18(2)13(20)7-8-19-15(22)12-6-4-3-5-11(12)14(21)17-19/h3-6,10H,7-9,16H2,1-2H3,(H,17,21). The Kier molecular flexibility index (Phi) is 4.77. The number of fused-ring (bicyclic) bond motifs is 1. The third-order valence-corrected chi connectivity index (χ3v) is 3.83. The number of likely N-dealkylation sites (N-methyl/N-ethyl adjacent to an activating group) is 1. The summed E-state index contributed by atoms with van der Waals surface area (Å²) in [6.07, 6.45) is 0.120. The Morgan fingerprint density at radius 2 is 1.95 bits per heavy atom. The summed E-state index contributed by atoms with van der Waals surface area (Å²) in [5.41, 5.74) is 4.88. The molecule has 7 heteroatoms. The van der Waals surface area contributed by atoms with Gasteiger partial charge in [0.15, 0.2) is 0 Å². The number of nitrogens with two attached hydrogens (primary N) is 1. The Balaban J connectivity index is 2.23. The highest BCUT2D eigenvalue weighted by Gasteiger charge is 2.15. The lowest BCUT2D eigenvalue weighted by molar-refractivity contribution is -0.131. The lowest BCUT2D eigenvalue weighted by atomic mass is 10.2. The molecule has 118 valence electrons. The summed E-state index contributed by atoms with van der Waals surface area (Å²) < 4.78 is 1.18. The number of benzene rings is 1. The summed E-state index contributed by atoms with van der Waals surface area (Å²) in [7, 11) is 1.67. The summed E-state index contributed by atoms with van der Waals surface area (Å²) >= 11 is 0. The van der Waals surface area contributed by atoms with E-state index in [0.29, 0.717) is 17.3 Å². The third-order valence-electron chi connectivity index (χ3n) is 3.83. The predicted octanol–water partition coefficient (Wildman–Crippen LogP) is -0.114. The molecule has 0 fully saturated rings. The average molecular weight is 304 g/mol. The summed E-state index contributed by atoms with van der Waals surface area (Å²) in [5.74, 6) is -0.126. The average Bonchev–Trinajstić information content (AvgIpc) is 2.55. The van der Waals surface area contributed by atoms with Crippen LogP contribution in [-0.2, 0) is 11.3 Å². The third kappa shape index (κ3) is 3.09. The summed E-state index contributed by atoms with van der Waals surface area (Å²) in [5, 5.41) is 3.21. The fraction of sp³-hybridized carbons (Fsp3) is 0.400. The number of aromatic nitrogens is 2. The van der Waals surface area contributed by atoms with Gasteiger partial charge in [0.05, 0.1) is 17.3 Å². The van der Waals surface area contributed by atoms with E-state index in [1.54, 1.807) is 36.2 Å². The van der Waals surface area contributed by atoms with Crippen LogP contribution in [0.4, 0.5) is 0 Å². The number of nitrogens with zero attached hydrogens (tertiary/aromatic N) is 2. The number of hydrogen-bond acceptors (Lipinski definition) is 4. The number of carbonyl (C=O) groups excluding carboxylic acids is 1. The van der Waals surface area contributed by atoms with E-state index in [1.807, 2.05) is 6.92 Å². The zero-order valence-electron chi connectivity index (χ0n) is 12.7. The van der Waals surface area contributed by atoms with Gasteiger partial charge in [-0.15, -0.1) is 0 Å². The molecule has 1 amide bonds. The first-order valence-corrected chi connectivity index (χ1v) is 7.13. The van der Waals surface area contributed by atoms with Crippen molar-refractivity contribution in [1.82, 2.24) is 14.7 Å². The monoisotopic (exact) mass is 304 g/mol. The highest BCUT2D eigenvalue weighted by Crippen LogP contribution is 2.03. The number of carbonyl (C=O) groups is 1. The first kappa shape index (κ1) is 16.0. The summed E-state index contributed by atoms with van der Waals surface area (Å²) in [6, 6.07) is 6.54. The molecule has 1 aromatic heterocycles. The van der Waals surface area contributed by atoms with E-state index in [0.717, 1.165) is 0 Å². The Hall–Kier alpha value is -2.41. The topological polar surface area (TPSA) is 101 Å². The predicted molar refractivity (Wildman–Crippen MR) is 84.7 cm³/mol. The fourth-order valence-corrected chi connectivity index (χ4v) is 2.19. The van der Waals surface area contributed by atoms with E-state index in [4.69, 9.17) is 5.73 Å². The second-order valence-electron chi connectivity index (χ2n) is 5.28. The van der Waals surface area contributed by atoms with Gasteiger partial charge in [-0.3, -0.25) is 19.5 Å². The quantitative estimate of drug-likeness (QED) is 0.804. The molecule has 1 aromatic carbocycles. The molecule has 0 bridgehead atoms. The van der Waals surface area contributed by atoms with Crippen molar-refractivity contribution in [1.29, 1.82) is 0 Å². The molecule has 0 aliphatic heterocycles. The number of aromatic amines is 1. The molecule has 3 N–H and O–H groups in total. The Morgan fingerprint density at radius 1 is 1.32 bits per heavy atom. The van der Waals surface area contributed by atoms with E-state index in [9.17, 15) is 14.4 Å². The van der Waals surface area contributed by atoms with Gasteiger partial charge in [-0.1, -0.05) is 12.1 Å². The maximum Gasteiger partial charge on any atom is 0.273 e. The number of nitrogens with one attached hydrogen (secondary N) is 1. The number of aryl methyl sites for hydroxylation is 1. The molecule has 0 aliphatic carbocycles. The first-order chi connectivity index (χ1) is 10.5. The van der Waals surface area contributed by atoms with Gasteiger partial charge < -0.3 is 10.6 Å². The Morgan fingerprint density at radius 3 is 2.59 bits per heavy atom. The number of hydrogen-bond donors (Lipinski definition) is 2. The molecular formula is C15H20N4O3. The molecule has 0 saturated carbocycles. The molecule has 0 saturated heterocycles. The lowest BCUT2D eigenvalue weighted by Crippen LogP contribution is -2.40. The molecule has 2 aromatic rings. The molecule has 1 unspecified atom stereocenters. The minimum absolute atomic E-state index is 0.0696. The number of amides is 1. The Labute approximate surface area is 127 Å². The van der Waals surface area contributed by atoms with Crippen molar-refractivity contribution in [3.05, 3.63) is 45.0 Å². The van der Waals surface area contributed by atoms with Gasteiger partial charge >= 0.3 is 0 Å². The van der Waals surface area contributed by atoms with Gasteiger partial charge in [0.2, 0.25) is 5.91 Å². The maximum absolute atomic E-state index is 12.3. The van der Waals surface area contributed by atoms with Crippen LogP contribution in [0.3, 0.4) is 0 Å². The normalized spacial score (nSPS) is 12.3. The smallest absolute Gasteiger partial charge is 0.273 e. The molecule has 0 aliphatic rings. The van der Waals surface area contributed by atoms with E-state index in [2.05, 4.69) is 5.10 Å². The minimum Gasteiger partial charge on any atom is -0.342 e. The van der Waals surface area contributed by atoms with Crippen LogP contribution in [0.2, 0.25) is 0 Å². The number of H-pyrrole nitrogens is 1. The van der Waals surface area contributed by atoms with Gasteiger partial charge in [0, 0.05) is 26.1 Å². The fourth-order valence-electron chi connectivity index (χ4n) is 2.19. The van der Waals surface area contributed by atoms with Crippen molar-refractivity contribution >= 4 is 16.7 Å². The van der Waals surface area contributed by atoms with Crippen LogP contribution >= 0.6 is 0 Å². The van der Waals surface area contributed by atoms with Crippen LogP contribution in [-0.4, -0.2) is 40.2 Å². The molecule has 7 nitrogen and oxygen atoms in total. The summed E-state index contributed by atoms with van der Waals surface area (Å²) in [4.78, 5) is 37.8. The second-order valence-corrected chi connectivity index (χ2v) is 5.28. The molecular weight excluding hydrogens is 284 g/mol. The van der Waals surface area contributed by atoms with Crippen molar-refractivity contribution in [3.63, 3.8) is 0 Å². The van der Waals surface area contributed by atoms with Crippen LogP contribution in [0.1, 0.15) is 13.3 Å². The molecule has 22 heavy (non-hydrogen) atoms. The van der Waals surface area contributed by atoms with Crippen LogP contribution in [0.25, 0.3) is 10.8 Å². The van der Waals surface area contributed by atoms with Crippen LogP contribution in [0, 0.1) is 0 Å². The van der Waals surface area contributed by atoms with Crippen LogP contribution < -0.4 is 16.9 Å². The summed E-state index contributed by atoms with van der Waals surface area (Å²) in [6.45, 7) is 2.34. The van der Waals surface area contributed by atoms with Gasteiger partial charge in [-0.25, -0.2) is 4.68 Å². The second kappa shape index (κ2) is 6.57. The van der Waals surface area contributed by atoms with Gasteiger partial charge in [0.1, 0.15) is 0 Å². The maximum atomic E-state index is 12.3. The highest BCUT2D eigenvalue weighted by atomic mass is 16.2. The van der Waals surface area contributed by atoms with E-state index >= 15 is 0 Å². The zero-order chi connectivity index (χ0) is 16.3. The highest BCUT2D eigenvalue weighted by molar-refractivity contribution is 5.80. The Bertz CT molecular complexity index is 793. The van der Waals surface area contributed by atoms with Crippen molar-refractivity contribution in [2.45, 2.75) is 25.9 Å². The molecule has 0 spiro atoms.